The number of carbonyl (C=O) groups excluding carboxylic acids is 1. The van der Waals surface area contributed by atoms with E-state index in [2.05, 4.69) is 5.32 Å². The topological polar surface area (TPSA) is 64.4 Å². The molecule has 3 fully saturated rings. The Balaban J connectivity index is 1.65. The van der Waals surface area contributed by atoms with Gasteiger partial charge in [-0.05, 0) is 50.9 Å². The molecule has 0 radical (unpaired) electrons. The minimum atomic E-state index is -0.573. The number of primary amides is 1. The van der Waals surface area contributed by atoms with Crippen LogP contribution in [0.1, 0.15) is 44.9 Å². The second kappa shape index (κ2) is 4.25. The van der Waals surface area contributed by atoms with Gasteiger partial charge in [0.1, 0.15) is 5.54 Å². The molecule has 4 heteroatoms. The van der Waals surface area contributed by atoms with Crippen LogP contribution in [0.4, 0.5) is 0 Å². The maximum atomic E-state index is 11.9. The third-order valence-corrected chi connectivity index (χ3v) is 4.35. The monoisotopic (exact) mass is 238 g/mol. The van der Waals surface area contributed by atoms with Crippen molar-refractivity contribution >= 4 is 5.91 Å². The zero-order valence-corrected chi connectivity index (χ0v) is 10.3. The Bertz CT molecular complexity index is 309. The van der Waals surface area contributed by atoms with Crippen molar-refractivity contribution in [3.8, 4) is 0 Å². The third kappa shape index (κ3) is 2.33. The highest BCUT2D eigenvalue weighted by Crippen LogP contribution is 2.42. The SMILES string of the molecule is NC(=O)C(COC1CCC1)(NC1CC1)C1CC1. The molecule has 17 heavy (non-hydrogen) atoms. The quantitative estimate of drug-likeness (QED) is 0.694. The van der Waals surface area contributed by atoms with Crippen LogP contribution in [-0.4, -0.2) is 30.2 Å². The molecule has 1 amide bonds. The van der Waals surface area contributed by atoms with E-state index in [-0.39, 0.29) is 5.91 Å². The highest BCUT2D eigenvalue weighted by Gasteiger charge is 2.52. The van der Waals surface area contributed by atoms with Crippen LogP contribution in [0.15, 0.2) is 0 Å². The number of hydrogen-bond donors (Lipinski definition) is 2. The predicted molar refractivity (Wildman–Crippen MR) is 64.4 cm³/mol. The second-order valence-electron chi connectivity index (χ2n) is 5.89. The Morgan fingerprint density at radius 2 is 1.94 bits per heavy atom. The Morgan fingerprint density at radius 3 is 2.35 bits per heavy atom. The number of nitrogens with two attached hydrogens (primary N) is 1. The van der Waals surface area contributed by atoms with Gasteiger partial charge in [-0.3, -0.25) is 10.1 Å². The van der Waals surface area contributed by atoms with Crippen LogP contribution in [0.25, 0.3) is 0 Å². The molecule has 4 nitrogen and oxygen atoms in total. The fourth-order valence-corrected chi connectivity index (χ4v) is 2.58. The van der Waals surface area contributed by atoms with Crippen molar-refractivity contribution in [3.05, 3.63) is 0 Å². The molecule has 0 saturated heterocycles. The van der Waals surface area contributed by atoms with Crippen molar-refractivity contribution in [1.29, 1.82) is 0 Å². The summed E-state index contributed by atoms with van der Waals surface area (Å²) >= 11 is 0. The third-order valence-electron chi connectivity index (χ3n) is 4.35. The molecule has 0 bridgehead atoms. The van der Waals surface area contributed by atoms with Crippen LogP contribution in [0.5, 0.6) is 0 Å². The summed E-state index contributed by atoms with van der Waals surface area (Å²) in [5.41, 5.74) is 5.08. The molecule has 96 valence electrons. The van der Waals surface area contributed by atoms with E-state index in [1.807, 2.05) is 0 Å². The van der Waals surface area contributed by atoms with Crippen molar-refractivity contribution in [2.24, 2.45) is 11.7 Å². The predicted octanol–water partition coefficient (Wildman–Crippen LogP) is 0.942. The number of nitrogens with one attached hydrogen (secondary N) is 1. The molecule has 3 aliphatic carbocycles. The number of amides is 1. The van der Waals surface area contributed by atoms with Crippen molar-refractivity contribution in [2.75, 3.05) is 6.61 Å². The van der Waals surface area contributed by atoms with E-state index in [0.717, 1.165) is 25.7 Å². The molecule has 0 spiro atoms. The summed E-state index contributed by atoms with van der Waals surface area (Å²) in [4.78, 5) is 11.9. The summed E-state index contributed by atoms with van der Waals surface area (Å²) < 4.78 is 5.87. The lowest BCUT2D eigenvalue weighted by Gasteiger charge is -2.35. The molecule has 1 atom stereocenters. The zero-order chi connectivity index (χ0) is 11.9. The van der Waals surface area contributed by atoms with Crippen LogP contribution >= 0.6 is 0 Å². The summed E-state index contributed by atoms with van der Waals surface area (Å²) in [5, 5.41) is 3.47. The van der Waals surface area contributed by atoms with Crippen LogP contribution in [-0.2, 0) is 9.53 Å². The molecule has 0 aliphatic heterocycles. The normalized spacial score (nSPS) is 28.5. The number of hydrogen-bond acceptors (Lipinski definition) is 3. The van der Waals surface area contributed by atoms with Gasteiger partial charge in [-0.2, -0.15) is 0 Å². The molecule has 3 aliphatic rings. The molecule has 1 unspecified atom stereocenters. The lowest BCUT2D eigenvalue weighted by atomic mass is 9.91. The van der Waals surface area contributed by atoms with Gasteiger partial charge in [0, 0.05) is 6.04 Å². The van der Waals surface area contributed by atoms with Gasteiger partial charge in [0.2, 0.25) is 5.91 Å². The Morgan fingerprint density at radius 1 is 1.24 bits per heavy atom. The smallest absolute Gasteiger partial charge is 0.240 e. The average molecular weight is 238 g/mol. The Labute approximate surface area is 102 Å². The van der Waals surface area contributed by atoms with Gasteiger partial charge in [0.25, 0.3) is 0 Å². The first-order valence-electron chi connectivity index (χ1n) is 6.90. The fourth-order valence-electron chi connectivity index (χ4n) is 2.58. The van der Waals surface area contributed by atoms with Gasteiger partial charge in [0.05, 0.1) is 12.7 Å². The van der Waals surface area contributed by atoms with Gasteiger partial charge in [0.15, 0.2) is 0 Å². The van der Waals surface area contributed by atoms with Crippen molar-refractivity contribution < 1.29 is 9.53 Å². The molecular weight excluding hydrogens is 216 g/mol. The minimum absolute atomic E-state index is 0.216. The molecule has 3 rings (SSSR count). The van der Waals surface area contributed by atoms with Gasteiger partial charge in [-0.15, -0.1) is 0 Å². The standard InChI is InChI=1S/C13H22N2O2/c14-12(16)13(9-4-5-9,15-10-6-7-10)8-17-11-2-1-3-11/h9-11,15H,1-8H2,(H2,14,16). The van der Waals surface area contributed by atoms with Gasteiger partial charge >= 0.3 is 0 Å². The summed E-state index contributed by atoms with van der Waals surface area (Å²) in [6.45, 7) is 0.480. The van der Waals surface area contributed by atoms with Gasteiger partial charge in [-0.25, -0.2) is 0 Å². The highest BCUT2D eigenvalue weighted by atomic mass is 16.5. The molecule has 3 saturated carbocycles. The molecule has 0 heterocycles. The van der Waals surface area contributed by atoms with Crippen molar-refractivity contribution in [3.63, 3.8) is 0 Å². The Kier molecular flexibility index (Phi) is 2.87. The maximum Gasteiger partial charge on any atom is 0.240 e. The molecule has 3 N–H and O–H groups in total. The van der Waals surface area contributed by atoms with E-state index in [9.17, 15) is 4.79 Å². The first-order chi connectivity index (χ1) is 8.21. The fraction of sp³-hybridized carbons (Fsp3) is 0.923. The minimum Gasteiger partial charge on any atom is -0.376 e. The van der Waals surface area contributed by atoms with Crippen LogP contribution in [0.3, 0.4) is 0 Å². The summed E-state index contributed by atoms with van der Waals surface area (Å²) in [6.07, 6.45) is 8.47. The van der Waals surface area contributed by atoms with E-state index < -0.39 is 5.54 Å². The van der Waals surface area contributed by atoms with Crippen LogP contribution in [0.2, 0.25) is 0 Å². The van der Waals surface area contributed by atoms with Gasteiger partial charge < -0.3 is 10.5 Å². The number of carbonyl (C=O) groups is 1. The second-order valence-corrected chi connectivity index (χ2v) is 5.89. The van der Waals surface area contributed by atoms with E-state index in [1.54, 1.807) is 0 Å². The summed E-state index contributed by atoms with van der Waals surface area (Å²) in [5.74, 6) is 0.187. The zero-order valence-electron chi connectivity index (χ0n) is 10.3. The highest BCUT2D eigenvalue weighted by molar-refractivity contribution is 5.86. The molecule has 0 aromatic heterocycles. The van der Waals surface area contributed by atoms with Crippen molar-refractivity contribution in [1.82, 2.24) is 5.32 Å². The van der Waals surface area contributed by atoms with Crippen molar-refractivity contribution in [2.45, 2.75) is 62.6 Å². The molecular formula is C13H22N2O2. The van der Waals surface area contributed by atoms with Crippen LogP contribution < -0.4 is 11.1 Å². The lowest BCUT2D eigenvalue weighted by Crippen LogP contribution is -2.61. The lowest BCUT2D eigenvalue weighted by molar-refractivity contribution is -0.131. The van der Waals surface area contributed by atoms with E-state index in [4.69, 9.17) is 10.5 Å². The molecule has 0 aromatic carbocycles. The number of rotatable bonds is 7. The number of ether oxygens (including phenoxy) is 1. The van der Waals surface area contributed by atoms with E-state index in [1.165, 1.54) is 19.3 Å². The van der Waals surface area contributed by atoms with E-state index in [0.29, 0.717) is 24.7 Å². The first-order valence-corrected chi connectivity index (χ1v) is 6.90. The maximum absolute atomic E-state index is 11.9. The largest absolute Gasteiger partial charge is 0.376 e. The van der Waals surface area contributed by atoms with Gasteiger partial charge in [-0.1, -0.05) is 0 Å². The average Bonchev–Trinajstić information content (AvgIpc) is 3.07. The van der Waals surface area contributed by atoms with E-state index >= 15 is 0 Å². The summed E-state index contributed by atoms with van der Waals surface area (Å²) in [6, 6.07) is 0.494. The first kappa shape index (κ1) is 11.5. The van der Waals surface area contributed by atoms with Crippen LogP contribution in [0, 0.1) is 5.92 Å². The summed E-state index contributed by atoms with van der Waals surface area (Å²) in [7, 11) is 0. The Hall–Kier alpha value is -0.610. The molecule has 0 aromatic rings.